The predicted molar refractivity (Wildman–Crippen MR) is 144 cm³/mol. The van der Waals surface area contributed by atoms with E-state index in [0.29, 0.717) is 41.2 Å². The molecule has 2 N–H and O–H groups in total. The van der Waals surface area contributed by atoms with Crippen LogP contribution in [0.3, 0.4) is 0 Å². The van der Waals surface area contributed by atoms with Crippen LogP contribution in [-0.4, -0.2) is 48.3 Å². The summed E-state index contributed by atoms with van der Waals surface area (Å²) in [7, 11) is 3.11. The number of aromatic nitrogens is 2. The van der Waals surface area contributed by atoms with E-state index in [1.54, 1.807) is 87.0 Å². The second-order valence-electron chi connectivity index (χ2n) is 8.49. The quantitative estimate of drug-likeness (QED) is 0.312. The summed E-state index contributed by atoms with van der Waals surface area (Å²) in [5.41, 5.74) is 0.803. The Balaban J connectivity index is 1.63. The van der Waals surface area contributed by atoms with E-state index in [-0.39, 0.29) is 18.9 Å². The fraction of sp³-hybridized carbons (Fsp3) is 0.214. The average molecular weight is 517 g/mol. The smallest absolute Gasteiger partial charge is 0.336 e. The molecule has 1 heterocycles. The van der Waals surface area contributed by atoms with Crippen LogP contribution < -0.4 is 26.6 Å². The molecule has 0 unspecified atom stereocenters. The lowest BCUT2D eigenvalue weighted by Crippen LogP contribution is -2.40. The Morgan fingerprint density at radius 3 is 2.26 bits per heavy atom. The molecule has 10 heteroatoms. The minimum atomic E-state index is -0.649. The summed E-state index contributed by atoms with van der Waals surface area (Å²) >= 11 is 0. The second kappa shape index (κ2) is 12.0. The molecule has 0 saturated heterocycles. The highest BCUT2D eigenvalue weighted by Crippen LogP contribution is 2.16. The first kappa shape index (κ1) is 26.4. The Kier molecular flexibility index (Phi) is 8.34. The van der Waals surface area contributed by atoms with Crippen LogP contribution in [0.4, 0.5) is 5.69 Å². The molecule has 0 aliphatic rings. The van der Waals surface area contributed by atoms with Gasteiger partial charge < -0.3 is 20.1 Å². The van der Waals surface area contributed by atoms with Gasteiger partial charge in [-0.1, -0.05) is 24.3 Å². The van der Waals surface area contributed by atoms with Gasteiger partial charge in [0.25, 0.3) is 5.56 Å². The first-order valence-corrected chi connectivity index (χ1v) is 11.9. The number of nitrogens with one attached hydrogen (secondary N) is 2. The molecule has 38 heavy (non-hydrogen) atoms. The highest BCUT2D eigenvalue weighted by atomic mass is 16.5. The number of ether oxygens (including phenoxy) is 2. The molecule has 0 fully saturated rings. The maximum absolute atomic E-state index is 13.5. The van der Waals surface area contributed by atoms with Crippen molar-refractivity contribution in [3.63, 3.8) is 0 Å². The zero-order chi connectivity index (χ0) is 27.1. The van der Waals surface area contributed by atoms with Gasteiger partial charge in [0.15, 0.2) is 0 Å². The number of hydrogen-bond acceptors (Lipinski definition) is 6. The highest BCUT2D eigenvalue weighted by Gasteiger charge is 2.17. The summed E-state index contributed by atoms with van der Waals surface area (Å²) in [5, 5.41) is 5.81. The number of rotatable bonds is 10. The summed E-state index contributed by atoms with van der Waals surface area (Å²) in [5.74, 6) is 0.0559. The van der Waals surface area contributed by atoms with E-state index in [4.69, 9.17) is 9.47 Å². The second-order valence-corrected chi connectivity index (χ2v) is 8.49. The van der Waals surface area contributed by atoms with Crippen LogP contribution in [-0.2, 0) is 27.3 Å². The van der Waals surface area contributed by atoms with Gasteiger partial charge in [-0.2, -0.15) is 0 Å². The monoisotopic (exact) mass is 516 g/mol. The number of amides is 2. The van der Waals surface area contributed by atoms with E-state index >= 15 is 0 Å². The lowest BCUT2D eigenvalue weighted by molar-refractivity contribution is -0.120. The van der Waals surface area contributed by atoms with Gasteiger partial charge in [0.05, 0.1) is 36.7 Å². The van der Waals surface area contributed by atoms with Crippen molar-refractivity contribution < 1.29 is 19.1 Å². The normalized spacial score (nSPS) is 10.8. The summed E-state index contributed by atoms with van der Waals surface area (Å²) in [4.78, 5) is 51.8. The Morgan fingerprint density at radius 2 is 1.58 bits per heavy atom. The Morgan fingerprint density at radius 1 is 0.868 bits per heavy atom. The van der Waals surface area contributed by atoms with Crippen LogP contribution in [0.25, 0.3) is 16.6 Å². The summed E-state index contributed by atoms with van der Waals surface area (Å²) < 4.78 is 12.4. The molecule has 0 radical (unpaired) electrons. The van der Waals surface area contributed by atoms with Crippen molar-refractivity contribution >= 4 is 28.4 Å². The largest absolute Gasteiger partial charge is 0.497 e. The third kappa shape index (κ3) is 5.98. The molecule has 1 aromatic heterocycles. The molecular weight excluding hydrogens is 488 g/mol. The van der Waals surface area contributed by atoms with Crippen molar-refractivity contribution in [1.29, 1.82) is 0 Å². The van der Waals surface area contributed by atoms with Crippen molar-refractivity contribution in [3.8, 4) is 11.4 Å². The van der Waals surface area contributed by atoms with Crippen LogP contribution >= 0.6 is 0 Å². The lowest BCUT2D eigenvalue weighted by atomic mass is 10.1. The van der Waals surface area contributed by atoms with E-state index in [0.717, 1.165) is 10.1 Å². The van der Waals surface area contributed by atoms with Crippen molar-refractivity contribution in [2.75, 3.05) is 32.7 Å². The minimum Gasteiger partial charge on any atom is -0.497 e. The van der Waals surface area contributed by atoms with E-state index < -0.39 is 17.2 Å². The highest BCUT2D eigenvalue weighted by molar-refractivity contribution is 5.91. The molecule has 0 aliphatic carbocycles. The number of anilines is 1. The Labute approximate surface area is 218 Å². The molecule has 0 spiro atoms. The standard InChI is InChI=1S/C28H28N4O6/c1-37-16-15-29-25(33)17-19-7-11-21(12-8-19)32-27(35)23-5-3-4-6-24(23)31(28(32)36)18-26(34)30-20-9-13-22(38-2)14-10-20/h3-14H,15-18H2,1-2H3,(H,29,33)(H,30,34). The van der Waals surface area contributed by atoms with Crippen LogP contribution in [0.1, 0.15) is 5.56 Å². The zero-order valence-corrected chi connectivity index (χ0v) is 21.1. The van der Waals surface area contributed by atoms with Gasteiger partial charge in [-0.05, 0) is 54.1 Å². The van der Waals surface area contributed by atoms with Crippen LogP contribution in [0.5, 0.6) is 5.75 Å². The molecule has 4 aromatic rings. The Bertz CT molecular complexity index is 1560. The molecule has 10 nitrogen and oxygen atoms in total. The maximum Gasteiger partial charge on any atom is 0.336 e. The first-order valence-electron chi connectivity index (χ1n) is 11.9. The maximum atomic E-state index is 13.5. The predicted octanol–water partition coefficient (Wildman–Crippen LogP) is 2.10. The molecular formula is C28H28N4O6. The number of fused-ring (bicyclic) bond motifs is 1. The van der Waals surface area contributed by atoms with Crippen molar-refractivity contribution in [3.05, 3.63) is 99.2 Å². The number of methoxy groups -OCH3 is 2. The number of carbonyl (C=O) groups is 2. The average Bonchev–Trinajstić information content (AvgIpc) is 2.92. The fourth-order valence-electron chi connectivity index (χ4n) is 4.02. The van der Waals surface area contributed by atoms with Gasteiger partial charge in [0.1, 0.15) is 12.3 Å². The molecule has 0 atom stereocenters. The third-order valence-electron chi connectivity index (χ3n) is 5.91. The van der Waals surface area contributed by atoms with Crippen LogP contribution in [0, 0.1) is 0 Å². The molecule has 0 bridgehead atoms. The van der Waals surface area contributed by atoms with Crippen LogP contribution in [0.15, 0.2) is 82.4 Å². The minimum absolute atomic E-state index is 0.145. The van der Waals surface area contributed by atoms with Crippen molar-refractivity contribution in [2.24, 2.45) is 0 Å². The fourth-order valence-corrected chi connectivity index (χ4v) is 4.02. The molecule has 3 aromatic carbocycles. The van der Waals surface area contributed by atoms with Gasteiger partial charge in [0.2, 0.25) is 11.8 Å². The van der Waals surface area contributed by atoms with Crippen molar-refractivity contribution in [2.45, 2.75) is 13.0 Å². The van der Waals surface area contributed by atoms with Gasteiger partial charge in [-0.3, -0.25) is 19.0 Å². The molecule has 0 saturated carbocycles. The zero-order valence-electron chi connectivity index (χ0n) is 21.1. The number of para-hydroxylation sites is 1. The van der Waals surface area contributed by atoms with Gasteiger partial charge in [0, 0.05) is 19.3 Å². The molecule has 4 rings (SSSR count). The van der Waals surface area contributed by atoms with Crippen molar-refractivity contribution in [1.82, 2.24) is 14.5 Å². The van der Waals surface area contributed by atoms with Gasteiger partial charge >= 0.3 is 5.69 Å². The Hall–Kier alpha value is -4.70. The molecule has 196 valence electrons. The van der Waals surface area contributed by atoms with E-state index in [9.17, 15) is 19.2 Å². The van der Waals surface area contributed by atoms with E-state index in [2.05, 4.69) is 10.6 Å². The topological polar surface area (TPSA) is 121 Å². The van der Waals surface area contributed by atoms with E-state index in [1.807, 2.05) is 0 Å². The van der Waals surface area contributed by atoms with Crippen LogP contribution in [0.2, 0.25) is 0 Å². The number of benzene rings is 3. The number of nitrogens with zero attached hydrogens (tertiary/aromatic N) is 2. The molecule has 0 aliphatic heterocycles. The van der Waals surface area contributed by atoms with Gasteiger partial charge in [-0.15, -0.1) is 0 Å². The lowest BCUT2D eigenvalue weighted by Gasteiger charge is -2.14. The van der Waals surface area contributed by atoms with Gasteiger partial charge in [-0.25, -0.2) is 9.36 Å². The van der Waals surface area contributed by atoms with E-state index in [1.165, 1.54) is 4.57 Å². The third-order valence-corrected chi connectivity index (χ3v) is 5.91. The SMILES string of the molecule is COCCNC(=O)Cc1ccc(-n2c(=O)c3ccccc3n(CC(=O)Nc3ccc(OC)cc3)c2=O)cc1. The molecule has 2 amide bonds. The summed E-state index contributed by atoms with van der Waals surface area (Å²) in [6.07, 6.45) is 0.145. The number of hydrogen-bond donors (Lipinski definition) is 2. The summed E-state index contributed by atoms with van der Waals surface area (Å²) in [6.45, 7) is 0.525. The summed E-state index contributed by atoms with van der Waals surface area (Å²) in [6, 6.07) is 20.1. The number of carbonyl (C=O) groups excluding carboxylic acids is 2. The first-order chi connectivity index (χ1) is 18.4.